The van der Waals surface area contributed by atoms with E-state index in [4.69, 9.17) is 0 Å². The summed E-state index contributed by atoms with van der Waals surface area (Å²) >= 11 is 0. The highest BCUT2D eigenvalue weighted by atomic mass is 16.2. The van der Waals surface area contributed by atoms with Crippen molar-refractivity contribution in [2.24, 2.45) is 0 Å². The van der Waals surface area contributed by atoms with Gasteiger partial charge in [-0.2, -0.15) is 0 Å². The van der Waals surface area contributed by atoms with Crippen LogP contribution in [0.3, 0.4) is 0 Å². The van der Waals surface area contributed by atoms with Gasteiger partial charge in [0.2, 0.25) is 11.8 Å². The van der Waals surface area contributed by atoms with Crippen LogP contribution >= 0.6 is 0 Å². The van der Waals surface area contributed by atoms with E-state index in [9.17, 15) is 14.4 Å². The van der Waals surface area contributed by atoms with Gasteiger partial charge in [0.05, 0.1) is 17.1 Å². The fourth-order valence-electron chi connectivity index (χ4n) is 3.62. The molecule has 6 heteroatoms. The monoisotopic (exact) mass is 349 g/mol. The molecule has 2 heterocycles. The number of likely N-dealkylation sites (N-methyl/N-ethyl adjacent to an activating group) is 1. The van der Waals surface area contributed by atoms with Crippen LogP contribution in [-0.4, -0.2) is 40.9 Å². The number of benzene rings is 2. The van der Waals surface area contributed by atoms with Gasteiger partial charge in [-0.15, -0.1) is 0 Å². The number of hydrogen-bond donors (Lipinski definition) is 1. The van der Waals surface area contributed by atoms with Gasteiger partial charge in [-0.3, -0.25) is 14.4 Å². The second-order valence-corrected chi connectivity index (χ2v) is 6.69. The van der Waals surface area contributed by atoms with Crippen molar-refractivity contribution in [3.05, 3.63) is 58.8 Å². The van der Waals surface area contributed by atoms with Gasteiger partial charge in [-0.1, -0.05) is 24.3 Å². The van der Waals surface area contributed by atoms with Crippen molar-refractivity contribution in [2.45, 2.75) is 19.0 Å². The van der Waals surface area contributed by atoms with Gasteiger partial charge >= 0.3 is 0 Å². The van der Waals surface area contributed by atoms with Crippen LogP contribution in [0.5, 0.6) is 0 Å². The number of pyridine rings is 1. The Morgan fingerprint density at radius 3 is 2.15 bits per heavy atom. The molecule has 1 fully saturated rings. The second kappa shape index (κ2) is 6.29. The Hall–Kier alpha value is -3.15. The number of carbonyl (C=O) groups is 2. The summed E-state index contributed by atoms with van der Waals surface area (Å²) in [6, 6.07) is 14.5. The van der Waals surface area contributed by atoms with Crippen molar-refractivity contribution in [1.29, 1.82) is 0 Å². The molecule has 1 aliphatic heterocycles. The van der Waals surface area contributed by atoms with Crippen LogP contribution in [0.4, 0.5) is 0 Å². The molecule has 1 unspecified atom stereocenters. The molecule has 3 aromatic rings. The maximum absolute atomic E-state index is 12.7. The number of amides is 2. The van der Waals surface area contributed by atoms with Gasteiger partial charge < -0.3 is 14.8 Å². The molecular formula is C20H19N3O3. The quantitative estimate of drug-likeness (QED) is 0.729. The molecular weight excluding hydrogens is 330 g/mol. The maximum Gasteiger partial charge on any atom is 0.240 e. The first-order valence-electron chi connectivity index (χ1n) is 8.58. The summed E-state index contributed by atoms with van der Waals surface area (Å²) in [5.74, 6) is -0.133. The molecule has 0 radical (unpaired) electrons. The fourth-order valence-corrected chi connectivity index (χ4v) is 3.62. The lowest BCUT2D eigenvalue weighted by molar-refractivity contribution is -0.126. The smallest absolute Gasteiger partial charge is 0.240 e. The number of likely N-dealkylation sites (tertiary alicyclic amines) is 1. The van der Waals surface area contributed by atoms with Gasteiger partial charge in [0.1, 0.15) is 6.54 Å². The Bertz CT molecular complexity index is 1030. The lowest BCUT2D eigenvalue weighted by Crippen LogP contribution is -2.38. The highest BCUT2D eigenvalue weighted by Crippen LogP contribution is 2.19. The van der Waals surface area contributed by atoms with Crippen molar-refractivity contribution in [3.8, 4) is 0 Å². The molecule has 0 aliphatic carbocycles. The van der Waals surface area contributed by atoms with E-state index in [0.717, 1.165) is 11.0 Å². The van der Waals surface area contributed by atoms with E-state index in [0.29, 0.717) is 23.7 Å². The summed E-state index contributed by atoms with van der Waals surface area (Å²) in [5, 5.41) is 4.12. The van der Waals surface area contributed by atoms with E-state index in [-0.39, 0.29) is 29.8 Å². The number of carbonyl (C=O) groups excluding carboxylic acids is 2. The average molecular weight is 349 g/mol. The Kier molecular flexibility index (Phi) is 3.95. The highest BCUT2D eigenvalue weighted by molar-refractivity contribution is 5.95. The van der Waals surface area contributed by atoms with Crippen LogP contribution < -0.4 is 10.7 Å². The molecule has 132 valence electrons. The van der Waals surface area contributed by atoms with Gasteiger partial charge in [-0.05, 0) is 24.3 Å². The maximum atomic E-state index is 12.7. The van der Waals surface area contributed by atoms with Crippen molar-refractivity contribution in [2.75, 3.05) is 13.6 Å². The zero-order chi connectivity index (χ0) is 18.3. The molecule has 1 aliphatic rings. The third-order valence-electron chi connectivity index (χ3n) is 4.89. The van der Waals surface area contributed by atoms with Crippen molar-refractivity contribution in [1.82, 2.24) is 14.8 Å². The van der Waals surface area contributed by atoms with Gasteiger partial charge in [-0.25, -0.2) is 0 Å². The first-order chi connectivity index (χ1) is 12.5. The number of para-hydroxylation sites is 2. The predicted molar refractivity (Wildman–Crippen MR) is 99.9 cm³/mol. The molecule has 6 nitrogen and oxygen atoms in total. The number of fused-ring (bicyclic) bond motifs is 2. The number of aromatic nitrogens is 1. The van der Waals surface area contributed by atoms with E-state index in [2.05, 4.69) is 5.32 Å². The third-order valence-corrected chi connectivity index (χ3v) is 4.89. The van der Waals surface area contributed by atoms with Gasteiger partial charge in [0, 0.05) is 30.8 Å². The van der Waals surface area contributed by atoms with Crippen molar-refractivity contribution in [3.63, 3.8) is 0 Å². The molecule has 1 atom stereocenters. The number of nitrogens with zero attached hydrogens (tertiary/aromatic N) is 2. The molecule has 1 N–H and O–H groups in total. The van der Waals surface area contributed by atoms with E-state index in [1.807, 2.05) is 41.0 Å². The van der Waals surface area contributed by atoms with Crippen LogP contribution in [0, 0.1) is 0 Å². The van der Waals surface area contributed by atoms with Crippen LogP contribution in [0.15, 0.2) is 53.3 Å². The normalized spacial score (nSPS) is 17.2. The molecule has 1 aromatic heterocycles. The summed E-state index contributed by atoms with van der Waals surface area (Å²) in [6.07, 6.45) is 0.327. The zero-order valence-corrected chi connectivity index (χ0v) is 14.4. The van der Waals surface area contributed by atoms with Crippen molar-refractivity contribution < 1.29 is 9.59 Å². The van der Waals surface area contributed by atoms with Crippen LogP contribution in [0.25, 0.3) is 21.8 Å². The van der Waals surface area contributed by atoms with Crippen LogP contribution in [-0.2, 0) is 16.1 Å². The summed E-state index contributed by atoms with van der Waals surface area (Å²) in [4.78, 5) is 38.6. The second-order valence-electron chi connectivity index (χ2n) is 6.69. The minimum Gasteiger partial charge on any atom is -0.350 e. The first kappa shape index (κ1) is 16.3. The van der Waals surface area contributed by atoms with Gasteiger partial charge in [0.25, 0.3) is 0 Å². The number of nitrogens with one attached hydrogen (secondary N) is 1. The van der Waals surface area contributed by atoms with Gasteiger partial charge in [0.15, 0.2) is 5.43 Å². The average Bonchev–Trinajstić information content (AvgIpc) is 2.95. The molecule has 2 aromatic carbocycles. The zero-order valence-electron chi connectivity index (χ0n) is 14.4. The Morgan fingerprint density at radius 1 is 1.04 bits per heavy atom. The molecule has 1 saturated heterocycles. The first-order valence-corrected chi connectivity index (χ1v) is 8.58. The minimum absolute atomic E-state index is 0.0316. The summed E-state index contributed by atoms with van der Waals surface area (Å²) < 4.78 is 1.86. The van der Waals surface area contributed by atoms with E-state index in [1.165, 1.54) is 0 Å². The minimum atomic E-state index is -0.170. The lowest BCUT2D eigenvalue weighted by Gasteiger charge is -2.17. The van der Waals surface area contributed by atoms with Crippen molar-refractivity contribution >= 4 is 33.6 Å². The molecule has 0 spiro atoms. The number of rotatable bonds is 3. The number of hydrogen-bond acceptors (Lipinski definition) is 3. The fraction of sp³-hybridized carbons (Fsp3) is 0.250. The topological polar surface area (TPSA) is 71.4 Å². The van der Waals surface area contributed by atoms with Crippen LogP contribution in [0.2, 0.25) is 0 Å². The van der Waals surface area contributed by atoms with E-state index in [1.54, 1.807) is 24.1 Å². The standard InChI is InChI=1S/C20H19N3O3/c1-22-11-13(10-19(22)25)21-18(24)12-23-16-8-4-2-6-14(16)20(26)15-7-3-5-9-17(15)23/h2-9,13H,10-12H2,1H3,(H,21,24). The molecule has 2 amide bonds. The Morgan fingerprint density at radius 2 is 1.62 bits per heavy atom. The predicted octanol–water partition coefficient (Wildman–Crippen LogP) is 1.50. The summed E-state index contributed by atoms with van der Waals surface area (Å²) in [5.41, 5.74) is 1.42. The van der Waals surface area contributed by atoms with E-state index < -0.39 is 0 Å². The van der Waals surface area contributed by atoms with E-state index >= 15 is 0 Å². The highest BCUT2D eigenvalue weighted by Gasteiger charge is 2.28. The molecule has 0 saturated carbocycles. The Balaban J connectivity index is 1.73. The summed E-state index contributed by atoms with van der Waals surface area (Å²) in [7, 11) is 1.73. The van der Waals surface area contributed by atoms with Crippen LogP contribution in [0.1, 0.15) is 6.42 Å². The summed E-state index contributed by atoms with van der Waals surface area (Å²) in [6.45, 7) is 0.617. The SMILES string of the molecule is CN1CC(NC(=O)Cn2c3ccccc3c(=O)c3ccccc32)CC1=O. The molecule has 0 bridgehead atoms. The molecule has 26 heavy (non-hydrogen) atoms. The Labute approximate surface area is 150 Å². The largest absolute Gasteiger partial charge is 0.350 e. The molecule has 4 rings (SSSR count). The third kappa shape index (κ3) is 2.73. The lowest BCUT2D eigenvalue weighted by atomic mass is 10.1.